The van der Waals surface area contributed by atoms with Gasteiger partial charge in [0, 0.05) is 13.1 Å². The monoisotopic (exact) mass is 221 g/mol. The van der Waals surface area contributed by atoms with Crippen molar-refractivity contribution in [3.8, 4) is 0 Å². The minimum atomic E-state index is 0.570. The van der Waals surface area contributed by atoms with Gasteiger partial charge in [0.15, 0.2) is 0 Å². The zero-order valence-corrected chi connectivity index (χ0v) is 9.61. The standard InChI is InChI=1S/C10H15N5O/c1-6-4-8(14-16-6)5-12-10-9(11)7(2)13-15(10)3/h4,12H,5,11H2,1-3H3. The molecule has 16 heavy (non-hydrogen) atoms. The van der Waals surface area contributed by atoms with Gasteiger partial charge < -0.3 is 15.6 Å². The first-order valence-electron chi connectivity index (χ1n) is 5.03. The molecular weight excluding hydrogens is 206 g/mol. The van der Waals surface area contributed by atoms with E-state index in [2.05, 4.69) is 15.6 Å². The average Bonchev–Trinajstić information content (AvgIpc) is 2.72. The Bertz CT molecular complexity index is 499. The van der Waals surface area contributed by atoms with Crippen LogP contribution in [0.4, 0.5) is 11.5 Å². The van der Waals surface area contributed by atoms with E-state index in [9.17, 15) is 0 Å². The van der Waals surface area contributed by atoms with Crippen molar-refractivity contribution >= 4 is 11.5 Å². The topological polar surface area (TPSA) is 81.9 Å². The highest BCUT2D eigenvalue weighted by Gasteiger charge is 2.10. The molecule has 2 rings (SSSR count). The van der Waals surface area contributed by atoms with Crippen molar-refractivity contribution in [2.24, 2.45) is 7.05 Å². The van der Waals surface area contributed by atoms with Crippen molar-refractivity contribution in [1.29, 1.82) is 0 Å². The van der Waals surface area contributed by atoms with E-state index in [1.165, 1.54) is 0 Å². The summed E-state index contributed by atoms with van der Waals surface area (Å²) < 4.78 is 6.69. The van der Waals surface area contributed by atoms with Gasteiger partial charge in [0.05, 0.1) is 17.9 Å². The molecule has 2 aromatic heterocycles. The molecule has 3 N–H and O–H groups in total. The summed E-state index contributed by atoms with van der Waals surface area (Å²) in [5.74, 6) is 1.60. The Labute approximate surface area is 93.4 Å². The van der Waals surface area contributed by atoms with Crippen molar-refractivity contribution in [3.05, 3.63) is 23.2 Å². The summed E-state index contributed by atoms with van der Waals surface area (Å²) in [6.07, 6.45) is 0. The van der Waals surface area contributed by atoms with E-state index in [1.54, 1.807) is 4.68 Å². The molecule has 0 saturated heterocycles. The molecule has 0 aliphatic carbocycles. The van der Waals surface area contributed by atoms with Crippen LogP contribution in [0.5, 0.6) is 0 Å². The fraction of sp³-hybridized carbons (Fsp3) is 0.400. The van der Waals surface area contributed by atoms with Gasteiger partial charge in [0.25, 0.3) is 0 Å². The second-order valence-electron chi connectivity index (χ2n) is 3.75. The first kappa shape index (κ1) is 10.5. The number of nitrogen functional groups attached to an aromatic ring is 1. The number of nitrogens with zero attached hydrogens (tertiary/aromatic N) is 3. The van der Waals surface area contributed by atoms with Crippen LogP contribution in [0.25, 0.3) is 0 Å². The highest BCUT2D eigenvalue weighted by Crippen LogP contribution is 2.21. The smallest absolute Gasteiger partial charge is 0.148 e. The van der Waals surface area contributed by atoms with E-state index < -0.39 is 0 Å². The fourth-order valence-corrected chi connectivity index (χ4v) is 1.56. The summed E-state index contributed by atoms with van der Waals surface area (Å²) in [5.41, 5.74) is 8.22. The number of nitrogens with two attached hydrogens (primary N) is 1. The molecule has 0 aromatic carbocycles. The number of aryl methyl sites for hydroxylation is 3. The second kappa shape index (κ2) is 3.88. The van der Waals surface area contributed by atoms with E-state index >= 15 is 0 Å². The summed E-state index contributed by atoms with van der Waals surface area (Å²) >= 11 is 0. The number of nitrogens with one attached hydrogen (secondary N) is 1. The first-order valence-corrected chi connectivity index (χ1v) is 5.03. The van der Waals surface area contributed by atoms with Gasteiger partial charge in [-0.05, 0) is 13.8 Å². The summed E-state index contributed by atoms with van der Waals surface area (Å²) in [6.45, 7) is 4.31. The van der Waals surface area contributed by atoms with Gasteiger partial charge >= 0.3 is 0 Å². The molecule has 0 bridgehead atoms. The van der Waals surface area contributed by atoms with Gasteiger partial charge in [0.2, 0.25) is 0 Å². The molecule has 0 atom stereocenters. The van der Waals surface area contributed by atoms with Crippen LogP contribution < -0.4 is 11.1 Å². The maximum Gasteiger partial charge on any atom is 0.148 e. The fourth-order valence-electron chi connectivity index (χ4n) is 1.56. The molecule has 0 aliphatic rings. The van der Waals surface area contributed by atoms with E-state index in [1.807, 2.05) is 27.0 Å². The van der Waals surface area contributed by atoms with Gasteiger partial charge in [-0.25, -0.2) is 0 Å². The van der Waals surface area contributed by atoms with Gasteiger partial charge in [-0.2, -0.15) is 5.10 Å². The zero-order valence-electron chi connectivity index (χ0n) is 9.61. The Morgan fingerprint density at radius 1 is 1.50 bits per heavy atom. The molecule has 6 nitrogen and oxygen atoms in total. The van der Waals surface area contributed by atoms with E-state index in [0.29, 0.717) is 12.2 Å². The number of anilines is 2. The quantitative estimate of drug-likeness (QED) is 0.814. The van der Waals surface area contributed by atoms with Crippen LogP contribution in [0.3, 0.4) is 0 Å². The Balaban J connectivity index is 2.10. The summed E-state index contributed by atoms with van der Waals surface area (Å²) in [6, 6.07) is 1.88. The minimum Gasteiger partial charge on any atom is -0.394 e. The largest absolute Gasteiger partial charge is 0.394 e. The van der Waals surface area contributed by atoms with E-state index in [-0.39, 0.29) is 0 Å². The number of aromatic nitrogens is 3. The Morgan fingerprint density at radius 3 is 2.75 bits per heavy atom. The predicted octanol–water partition coefficient (Wildman–Crippen LogP) is 1.22. The van der Waals surface area contributed by atoms with Crippen molar-refractivity contribution in [3.63, 3.8) is 0 Å². The first-order chi connectivity index (χ1) is 7.58. The summed E-state index contributed by atoms with van der Waals surface area (Å²) in [4.78, 5) is 0. The molecule has 0 radical (unpaired) electrons. The van der Waals surface area contributed by atoms with Crippen molar-refractivity contribution in [2.45, 2.75) is 20.4 Å². The van der Waals surface area contributed by atoms with Crippen molar-refractivity contribution in [2.75, 3.05) is 11.1 Å². The van der Waals surface area contributed by atoms with Crippen LogP contribution in [0.15, 0.2) is 10.6 Å². The Morgan fingerprint density at radius 2 is 2.25 bits per heavy atom. The Hall–Kier alpha value is -1.98. The molecule has 0 saturated carbocycles. The zero-order chi connectivity index (χ0) is 11.7. The lowest BCUT2D eigenvalue weighted by atomic mass is 10.3. The van der Waals surface area contributed by atoms with Crippen LogP contribution in [-0.2, 0) is 13.6 Å². The lowest BCUT2D eigenvalue weighted by Gasteiger charge is -2.04. The number of rotatable bonds is 3. The predicted molar refractivity (Wildman–Crippen MR) is 60.9 cm³/mol. The highest BCUT2D eigenvalue weighted by atomic mass is 16.5. The van der Waals surface area contributed by atoms with Gasteiger partial charge in [0.1, 0.15) is 17.3 Å². The van der Waals surface area contributed by atoms with Crippen LogP contribution in [-0.4, -0.2) is 14.9 Å². The van der Waals surface area contributed by atoms with Crippen molar-refractivity contribution < 1.29 is 4.52 Å². The van der Waals surface area contributed by atoms with Gasteiger partial charge in [-0.15, -0.1) is 0 Å². The van der Waals surface area contributed by atoms with Crippen molar-refractivity contribution in [1.82, 2.24) is 14.9 Å². The number of hydrogen-bond acceptors (Lipinski definition) is 5. The molecule has 0 fully saturated rings. The average molecular weight is 221 g/mol. The lowest BCUT2D eigenvalue weighted by molar-refractivity contribution is 0.391. The van der Waals surface area contributed by atoms with Crippen LogP contribution >= 0.6 is 0 Å². The third-order valence-corrected chi connectivity index (χ3v) is 2.38. The molecular formula is C10H15N5O. The van der Waals surface area contributed by atoms with E-state index in [4.69, 9.17) is 10.3 Å². The summed E-state index contributed by atoms with van der Waals surface area (Å²) in [5, 5.41) is 11.3. The molecule has 0 unspecified atom stereocenters. The SMILES string of the molecule is Cc1cc(CNc2c(N)c(C)nn2C)no1. The minimum absolute atomic E-state index is 0.570. The van der Waals surface area contributed by atoms with Crippen LogP contribution in [0.1, 0.15) is 17.1 Å². The van der Waals surface area contributed by atoms with Crippen LogP contribution in [0.2, 0.25) is 0 Å². The van der Waals surface area contributed by atoms with E-state index in [0.717, 1.165) is 23.0 Å². The molecule has 2 aromatic rings. The van der Waals surface area contributed by atoms with Gasteiger partial charge in [-0.1, -0.05) is 5.16 Å². The normalized spacial score (nSPS) is 10.7. The van der Waals surface area contributed by atoms with Crippen LogP contribution in [0, 0.1) is 13.8 Å². The molecule has 0 aliphatic heterocycles. The third-order valence-electron chi connectivity index (χ3n) is 2.38. The maximum absolute atomic E-state index is 5.88. The number of hydrogen-bond donors (Lipinski definition) is 2. The Kier molecular flexibility index (Phi) is 2.55. The molecule has 6 heteroatoms. The molecule has 0 amide bonds. The highest BCUT2D eigenvalue weighted by molar-refractivity contribution is 5.64. The lowest BCUT2D eigenvalue weighted by Crippen LogP contribution is -2.06. The second-order valence-corrected chi connectivity index (χ2v) is 3.75. The molecule has 2 heterocycles. The molecule has 0 spiro atoms. The summed E-state index contributed by atoms with van der Waals surface area (Å²) in [7, 11) is 1.85. The third kappa shape index (κ3) is 1.86. The maximum atomic E-state index is 5.88. The van der Waals surface area contributed by atoms with Gasteiger partial charge in [-0.3, -0.25) is 4.68 Å². The molecule has 86 valence electrons.